The number of methoxy groups -OCH3 is 1. The molecule has 0 aliphatic rings. The Morgan fingerprint density at radius 1 is 1.35 bits per heavy atom. The highest BCUT2D eigenvalue weighted by Crippen LogP contribution is 2.21. The first-order valence-electron chi connectivity index (χ1n) is 6.46. The zero-order valence-electron chi connectivity index (χ0n) is 12.1. The molecule has 0 unspecified atom stereocenters. The lowest BCUT2D eigenvalue weighted by Gasteiger charge is -2.03. The van der Waals surface area contributed by atoms with Gasteiger partial charge in [-0.3, -0.25) is 14.9 Å². The highest BCUT2D eigenvalue weighted by molar-refractivity contribution is 5.95. The van der Waals surface area contributed by atoms with Crippen LogP contribution < -0.4 is 10.2 Å². The Morgan fingerprint density at radius 3 is 2.83 bits per heavy atom. The zero-order valence-corrected chi connectivity index (χ0v) is 12.1. The minimum atomic E-state index is -0.592. The fourth-order valence-corrected chi connectivity index (χ4v) is 1.75. The van der Waals surface area contributed by atoms with E-state index < -0.39 is 10.8 Å². The van der Waals surface area contributed by atoms with E-state index >= 15 is 0 Å². The summed E-state index contributed by atoms with van der Waals surface area (Å²) in [4.78, 5) is 22.0. The summed E-state index contributed by atoms with van der Waals surface area (Å²) in [5.74, 6) is -0.141. The van der Waals surface area contributed by atoms with Gasteiger partial charge in [0.1, 0.15) is 11.5 Å². The van der Waals surface area contributed by atoms with Gasteiger partial charge in [0.15, 0.2) is 0 Å². The Morgan fingerprint density at radius 2 is 2.13 bits per heavy atom. The molecule has 0 fully saturated rings. The van der Waals surface area contributed by atoms with Crippen LogP contribution in [0.1, 0.15) is 15.9 Å². The van der Waals surface area contributed by atoms with E-state index in [-0.39, 0.29) is 17.0 Å². The molecule has 2 aromatic rings. The van der Waals surface area contributed by atoms with Gasteiger partial charge in [0, 0.05) is 23.3 Å². The first-order chi connectivity index (χ1) is 11.0. The van der Waals surface area contributed by atoms with Crippen molar-refractivity contribution in [2.24, 2.45) is 5.10 Å². The van der Waals surface area contributed by atoms with Crippen LogP contribution in [0.4, 0.5) is 5.69 Å². The van der Waals surface area contributed by atoms with Gasteiger partial charge in [0.05, 0.1) is 18.2 Å². The molecule has 8 nitrogen and oxygen atoms in total. The lowest BCUT2D eigenvalue weighted by molar-refractivity contribution is -0.384. The van der Waals surface area contributed by atoms with Crippen LogP contribution in [0.5, 0.6) is 11.5 Å². The predicted octanol–water partition coefficient (Wildman–Crippen LogP) is 2.07. The van der Waals surface area contributed by atoms with Crippen LogP contribution in [-0.2, 0) is 0 Å². The highest BCUT2D eigenvalue weighted by atomic mass is 16.6. The summed E-state index contributed by atoms with van der Waals surface area (Å²) >= 11 is 0. The largest absolute Gasteiger partial charge is 0.507 e. The van der Waals surface area contributed by atoms with Crippen LogP contribution >= 0.6 is 0 Å². The Bertz CT molecular complexity index is 773. The van der Waals surface area contributed by atoms with Crippen molar-refractivity contribution in [1.82, 2.24) is 5.43 Å². The van der Waals surface area contributed by atoms with Crippen LogP contribution in [0, 0.1) is 10.1 Å². The number of ether oxygens (including phenoxy) is 1. The van der Waals surface area contributed by atoms with Gasteiger partial charge in [-0.1, -0.05) is 6.07 Å². The first-order valence-corrected chi connectivity index (χ1v) is 6.46. The molecule has 2 rings (SSSR count). The molecule has 118 valence electrons. The second-order valence-corrected chi connectivity index (χ2v) is 4.43. The number of amides is 1. The molecule has 0 saturated heterocycles. The number of carbonyl (C=O) groups excluding carboxylic acids is 1. The third-order valence-electron chi connectivity index (χ3n) is 2.92. The first kappa shape index (κ1) is 16.0. The second kappa shape index (κ2) is 7.03. The van der Waals surface area contributed by atoms with E-state index in [2.05, 4.69) is 10.5 Å². The van der Waals surface area contributed by atoms with E-state index in [9.17, 15) is 20.0 Å². The van der Waals surface area contributed by atoms with E-state index in [1.165, 1.54) is 25.3 Å². The van der Waals surface area contributed by atoms with Crippen LogP contribution in [0.2, 0.25) is 0 Å². The number of non-ortho nitro benzene ring substituents is 1. The number of nitro benzene ring substituents is 1. The summed E-state index contributed by atoms with van der Waals surface area (Å²) in [7, 11) is 1.49. The third-order valence-corrected chi connectivity index (χ3v) is 2.92. The minimum Gasteiger partial charge on any atom is -0.507 e. The smallest absolute Gasteiger partial charge is 0.271 e. The third kappa shape index (κ3) is 4.03. The number of carbonyl (C=O) groups is 1. The van der Waals surface area contributed by atoms with Gasteiger partial charge in [-0.25, -0.2) is 5.43 Å². The maximum Gasteiger partial charge on any atom is 0.271 e. The number of hydrazone groups is 1. The number of nitrogens with zero attached hydrogens (tertiary/aromatic N) is 2. The molecule has 0 spiro atoms. The lowest BCUT2D eigenvalue weighted by atomic mass is 10.2. The Balaban J connectivity index is 2.10. The summed E-state index contributed by atoms with van der Waals surface area (Å²) in [5, 5.41) is 24.0. The molecule has 0 bridgehead atoms. The monoisotopic (exact) mass is 315 g/mol. The number of phenolic OH excluding ortho intramolecular Hbond substituents is 1. The summed E-state index contributed by atoms with van der Waals surface area (Å²) < 4.78 is 5.01. The number of nitro groups is 1. The lowest BCUT2D eigenvalue weighted by Crippen LogP contribution is -2.17. The van der Waals surface area contributed by atoms with E-state index in [1.54, 1.807) is 18.2 Å². The Hall–Kier alpha value is -3.42. The number of rotatable bonds is 5. The molecule has 8 heteroatoms. The van der Waals surface area contributed by atoms with Crippen molar-refractivity contribution in [3.63, 3.8) is 0 Å². The molecule has 0 aliphatic heterocycles. The molecule has 2 aromatic carbocycles. The summed E-state index contributed by atoms with van der Waals surface area (Å²) in [6.07, 6.45) is 1.13. The van der Waals surface area contributed by atoms with Gasteiger partial charge in [0.2, 0.25) is 0 Å². The van der Waals surface area contributed by atoms with Gasteiger partial charge >= 0.3 is 0 Å². The van der Waals surface area contributed by atoms with Crippen LogP contribution in [0.15, 0.2) is 47.6 Å². The van der Waals surface area contributed by atoms with E-state index in [0.717, 1.165) is 12.3 Å². The maximum absolute atomic E-state index is 11.9. The number of phenols is 1. The topological polar surface area (TPSA) is 114 Å². The fourth-order valence-electron chi connectivity index (χ4n) is 1.75. The predicted molar refractivity (Wildman–Crippen MR) is 82.8 cm³/mol. The normalized spacial score (nSPS) is 10.5. The van der Waals surface area contributed by atoms with Crippen molar-refractivity contribution in [2.75, 3.05) is 7.11 Å². The van der Waals surface area contributed by atoms with Gasteiger partial charge < -0.3 is 9.84 Å². The fraction of sp³-hybridized carbons (Fsp3) is 0.0667. The number of benzene rings is 2. The van der Waals surface area contributed by atoms with Crippen LogP contribution in [0.25, 0.3) is 0 Å². The van der Waals surface area contributed by atoms with Gasteiger partial charge in [-0.2, -0.15) is 5.10 Å². The molecule has 23 heavy (non-hydrogen) atoms. The van der Waals surface area contributed by atoms with E-state index in [4.69, 9.17) is 4.74 Å². The van der Waals surface area contributed by atoms with Gasteiger partial charge in [0.25, 0.3) is 11.6 Å². The molecular formula is C15H13N3O5. The van der Waals surface area contributed by atoms with Crippen molar-refractivity contribution >= 4 is 17.8 Å². The second-order valence-electron chi connectivity index (χ2n) is 4.43. The Kier molecular flexibility index (Phi) is 4.88. The average molecular weight is 315 g/mol. The van der Waals surface area contributed by atoms with Gasteiger partial charge in [-0.05, 0) is 24.3 Å². The molecule has 0 radical (unpaired) electrons. The van der Waals surface area contributed by atoms with Crippen LogP contribution in [0.3, 0.4) is 0 Å². The number of aromatic hydroxyl groups is 1. The summed E-state index contributed by atoms with van der Waals surface area (Å²) in [6.45, 7) is 0. The highest BCUT2D eigenvalue weighted by Gasteiger charge is 2.09. The van der Waals surface area contributed by atoms with Gasteiger partial charge in [-0.15, -0.1) is 0 Å². The molecular weight excluding hydrogens is 302 g/mol. The van der Waals surface area contributed by atoms with Crippen molar-refractivity contribution in [3.8, 4) is 11.5 Å². The average Bonchev–Trinajstić information content (AvgIpc) is 2.56. The van der Waals surface area contributed by atoms with Crippen molar-refractivity contribution in [1.29, 1.82) is 0 Å². The number of nitrogens with one attached hydrogen (secondary N) is 1. The summed E-state index contributed by atoms with van der Waals surface area (Å²) in [5.41, 5.74) is 2.53. The molecule has 0 saturated carbocycles. The quantitative estimate of drug-likeness (QED) is 0.498. The zero-order chi connectivity index (χ0) is 16.8. The van der Waals surface area contributed by atoms with Crippen LogP contribution in [-0.4, -0.2) is 29.3 Å². The molecule has 0 aromatic heterocycles. The molecule has 0 aliphatic carbocycles. The van der Waals surface area contributed by atoms with Crippen molar-refractivity contribution < 1.29 is 19.6 Å². The van der Waals surface area contributed by atoms with E-state index in [0.29, 0.717) is 11.3 Å². The SMILES string of the molecule is COc1cccc(C(=O)NN=Cc2cc([N+](=O)[O-])ccc2O)c1. The standard InChI is InChI=1S/C15H13N3O5/c1-23-13-4-2-3-10(8-13)15(20)17-16-9-11-7-12(18(21)22)5-6-14(11)19/h2-9,19H,1H3,(H,17,20). The summed E-state index contributed by atoms with van der Waals surface area (Å²) in [6, 6.07) is 9.97. The van der Waals surface area contributed by atoms with Crippen molar-refractivity contribution in [2.45, 2.75) is 0 Å². The molecule has 0 atom stereocenters. The minimum absolute atomic E-state index is 0.116. The molecule has 1 amide bonds. The molecule has 2 N–H and O–H groups in total. The number of hydrogen-bond acceptors (Lipinski definition) is 6. The van der Waals surface area contributed by atoms with E-state index in [1.807, 2.05) is 0 Å². The van der Waals surface area contributed by atoms with Crippen molar-refractivity contribution in [3.05, 3.63) is 63.7 Å². The Labute approximate surface area is 131 Å². The maximum atomic E-state index is 11.9. The molecule has 0 heterocycles. The number of hydrogen-bond donors (Lipinski definition) is 2.